The fourth-order valence-electron chi connectivity index (χ4n) is 1.64. The molecule has 82 valence electrons. The van der Waals surface area contributed by atoms with E-state index in [0.717, 1.165) is 6.42 Å². The maximum absolute atomic E-state index is 11.7. The van der Waals surface area contributed by atoms with Gasteiger partial charge in [-0.15, -0.1) is 0 Å². The number of hydrogen-bond donors (Lipinski definition) is 2. The number of carbonyl (C=O) groups is 1. The van der Waals surface area contributed by atoms with Gasteiger partial charge >= 0.3 is 0 Å². The zero-order chi connectivity index (χ0) is 11.3. The van der Waals surface area contributed by atoms with E-state index in [9.17, 15) is 4.79 Å². The summed E-state index contributed by atoms with van der Waals surface area (Å²) in [4.78, 5) is 11.7. The lowest BCUT2D eigenvalue weighted by Crippen LogP contribution is -2.38. The van der Waals surface area contributed by atoms with Gasteiger partial charge in [-0.25, -0.2) is 0 Å². The molecule has 3 atom stereocenters. The Morgan fingerprint density at radius 1 is 1.73 bits per heavy atom. The minimum atomic E-state index is -0.118. The number of nitrogens with zero attached hydrogens (tertiary/aromatic N) is 1. The highest BCUT2D eigenvalue weighted by molar-refractivity contribution is 5.81. The molecule has 0 aromatic rings. The smallest absolute Gasteiger partial charge is 0.227 e. The van der Waals surface area contributed by atoms with Gasteiger partial charge < -0.3 is 11.1 Å². The summed E-state index contributed by atoms with van der Waals surface area (Å²) >= 11 is 0. The Morgan fingerprint density at radius 3 is 2.93 bits per heavy atom. The van der Waals surface area contributed by atoms with Crippen molar-refractivity contribution < 1.29 is 4.79 Å². The quantitative estimate of drug-likeness (QED) is 0.666. The SMILES string of the molecule is CCC(CC#N)NC(=O)C1C=CC(N)C1. The summed E-state index contributed by atoms with van der Waals surface area (Å²) in [7, 11) is 0. The second-order valence-corrected chi connectivity index (χ2v) is 3.87. The minimum absolute atomic E-state index is 0.00297. The highest BCUT2D eigenvalue weighted by Gasteiger charge is 2.23. The van der Waals surface area contributed by atoms with E-state index in [2.05, 4.69) is 11.4 Å². The molecule has 0 aromatic heterocycles. The molecule has 1 aliphatic rings. The largest absolute Gasteiger partial charge is 0.352 e. The maximum Gasteiger partial charge on any atom is 0.227 e. The highest BCUT2D eigenvalue weighted by Crippen LogP contribution is 2.16. The lowest BCUT2D eigenvalue weighted by atomic mass is 10.1. The Labute approximate surface area is 90.1 Å². The van der Waals surface area contributed by atoms with Crippen LogP contribution in [0.15, 0.2) is 12.2 Å². The van der Waals surface area contributed by atoms with Crippen molar-refractivity contribution >= 4 is 5.91 Å². The maximum atomic E-state index is 11.7. The van der Waals surface area contributed by atoms with E-state index in [-0.39, 0.29) is 23.9 Å². The molecule has 1 aliphatic carbocycles. The van der Waals surface area contributed by atoms with E-state index in [1.807, 2.05) is 19.1 Å². The van der Waals surface area contributed by atoms with Gasteiger partial charge in [0.05, 0.1) is 18.4 Å². The van der Waals surface area contributed by atoms with Crippen LogP contribution < -0.4 is 11.1 Å². The summed E-state index contributed by atoms with van der Waals surface area (Å²) in [5.41, 5.74) is 5.67. The van der Waals surface area contributed by atoms with E-state index in [0.29, 0.717) is 12.8 Å². The van der Waals surface area contributed by atoms with Crippen molar-refractivity contribution in [3.8, 4) is 6.07 Å². The highest BCUT2D eigenvalue weighted by atomic mass is 16.1. The van der Waals surface area contributed by atoms with Crippen molar-refractivity contribution in [1.82, 2.24) is 5.32 Å². The van der Waals surface area contributed by atoms with Gasteiger partial charge in [0.25, 0.3) is 0 Å². The van der Waals surface area contributed by atoms with Crippen molar-refractivity contribution in [3.05, 3.63) is 12.2 Å². The van der Waals surface area contributed by atoms with E-state index < -0.39 is 0 Å². The lowest BCUT2D eigenvalue weighted by molar-refractivity contribution is -0.124. The number of nitrogens with one attached hydrogen (secondary N) is 1. The number of carbonyl (C=O) groups excluding carboxylic acids is 1. The minimum Gasteiger partial charge on any atom is -0.352 e. The summed E-state index contributed by atoms with van der Waals surface area (Å²) in [6, 6.07) is 2.03. The van der Waals surface area contributed by atoms with Gasteiger partial charge in [-0.05, 0) is 12.8 Å². The number of nitriles is 1. The van der Waals surface area contributed by atoms with Crippen LogP contribution in [0.1, 0.15) is 26.2 Å². The summed E-state index contributed by atoms with van der Waals surface area (Å²) in [6.07, 6.45) is 5.52. The van der Waals surface area contributed by atoms with Gasteiger partial charge in [0.2, 0.25) is 5.91 Å². The third kappa shape index (κ3) is 3.37. The van der Waals surface area contributed by atoms with Gasteiger partial charge in [-0.2, -0.15) is 5.26 Å². The van der Waals surface area contributed by atoms with Crippen LogP contribution in [0.3, 0.4) is 0 Å². The molecule has 0 radical (unpaired) electrons. The average molecular weight is 207 g/mol. The molecule has 0 fully saturated rings. The first-order valence-electron chi connectivity index (χ1n) is 5.28. The fraction of sp³-hybridized carbons (Fsp3) is 0.636. The second kappa shape index (κ2) is 5.52. The Morgan fingerprint density at radius 2 is 2.47 bits per heavy atom. The molecule has 0 aliphatic heterocycles. The van der Waals surface area contributed by atoms with Crippen molar-refractivity contribution in [3.63, 3.8) is 0 Å². The molecule has 1 amide bonds. The van der Waals surface area contributed by atoms with Crippen molar-refractivity contribution in [2.45, 2.75) is 38.3 Å². The summed E-state index contributed by atoms with van der Waals surface area (Å²) in [5.74, 6) is -0.131. The molecule has 3 unspecified atom stereocenters. The molecule has 0 saturated carbocycles. The van der Waals surface area contributed by atoms with E-state index in [4.69, 9.17) is 11.0 Å². The normalized spacial score (nSPS) is 25.9. The van der Waals surface area contributed by atoms with Crippen LogP contribution in [0.5, 0.6) is 0 Å². The number of rotatable bonds is 4. The third-order valence-corrected chi connectivity index (χ3v) is 2.63. The van der Waals surface area contributed by atoms with E-state index in [1.54, 1.807) is 0 Å². The van der Waals surface area contributed by atoms with Crippen LogP contribution in [-0.2, 0) is 4.79 Å². The molecule has 0 heterocycles. The molecule has 0 aromatic carbocycles. The molecule has 0 spiro atoms. The summed E-state index contributed by atoms with van der Waals surface area (Å²) in [6.45, 7) is 1.96. The Kier molecular flexibility index (Phi) is 4.32. The first kappa shape index (κ1) is 11.7. The molecular weight excluding hydrogens is 190 g/mol. The van der Waals surface area contributed by atoms with Crippen LogP contribution in [0, 0.1) is 17.2 Å². The molecule has 1 rings (SSSR count). The Bertz CT molecular complexity index is 293. The lowest BCUT2D eigenvalue weighted by Gasteiger charge is -2.16. The standard InChI is InChI=1S/C11H17N3O/c1-2-10(5-6-12)14-11(15)8-3-4-9(13)7-8/h3-4,8-10H,2,5,7,13H2,1H3,(H,14,15). The van der Waals surface area contributed by atoms with E-state index in [1.165, 1.54) is 0 Å². The topological polar surface area (TPSA) is 78.9 Å². The average Bonchev–Trinajstić information content (AvgIpc) is 2.64. The van der Waals surface area contributed by atoms with Crippen molar-refractivity contribution in [2.24, 2.45) is 11.7 Å². The first-order chi connectivity index (χ1) is 7.17. The third-order valence-electron chi connectivity index (χ3n) is 2.63. The Hall–Kier alpha value is -1.34. The van der Waals surface area contributed by atoms with E-state index >= 15 is 0 Å². The summed E-state index contributed by atoms with van der Waals surface area (Å²) in [5, 5.41) is 11.4. The summed E-state index contributed by atoms with van der Waals surface area (Å²) < 4.78 is 0. The van der Waals surface area contributed by atoms with Crippen LogP contribution in [0.2, 0.25) is 0 Å². The fourth-order valence-corrected chi connectivity index (χ4v) is 1.64. The molecule has 15 heavy (non-hydrogen) atoms. The van der Waals surface area contributed by atoms with Gasteiger partial charge in [-0.3, -0.25) is 4.79 Å². The zero-order valence-electron chi connectivity index (χ0n) is 8.94. The molecule has 4 nitrogen and oxygen atoms in total. The van der Waals surface area contributed by atoms with Crippen LogP contribution >= 0.6 is 0 Å². The monoisotopic (exact) mass is 207 g/mol. The van der Waals surface area contributed by atoms with Crippen LogP contribution in [-0.4, -0.2) is 18.0 Å². The second-order valence-electron chi connectivity index (χ2n) is 3.87. The molecule has 3 N–H and O–H groups in total. The van der Waals surface area contributed by atoms with Gasteiger partial charge in [-0.1, -0.05) is 19.1 Å². The van der Waals surface area contributed by atoms with Crippen LogP contribution in [0.4, 0.5) is 0 Å². The van der Waals surface area contributed by atoms with Gasteiger partial charge in [0.15, 0.2) is 0 Å². The zero-order valence-corrected chi connectivity index (χ0v) is 8.94. The Balaban J connectivity index is 2.41. The first-order valence-corrected chi connectivity index (χ1v) is 5.28. The molecule has 0 saturated heterocycles. The predicted molar refractivity (Wildman–Crippen MR) is 57.7 cm³/mol. The van der Waals surface area contributed by atoms with Crippen molar-refractivity contribution in [1.29, 1.82) is 5.26 Å². The van der Waals surface area contributed by atoms with Crippen molar-refractivity contribution in [2.75, 3.05) is 0 Å². The predicted octanol–water partition coefficient (Wildman–Crippen LogP) is 0.698. The van der Waals surface area contributed by atoms with Gasteiger partial charge in [0.1, 0.15) is 0 Å². The number of hydrogen-bond acceptors (Lipinski definition) is 3. The van der Waals surface area contributed by atoms with Crippen LogP contribution in [0.25, 0.3) is 0 Å². The number of amides is 1. The number of nitrogens with two attached hydrogens (primary N) is 1. The molecule has 4 heteroatoms. The van der Waals surface area contributed by atoms with Gasteiger partial charge in [0, 0.05) is 12.1 Å². The molecular formula is C11H17N3O. The molecule has 0 bridgehead atoms.